The summed E-state index contributed by atoms with van der Waals surface area (Å²) in [6, 6.07) is 12.9. The highest BCUT2D eigenvalue weighted by atomic mass is 32.2. The molecular formula is C22H22N4O3S2. The number of thioether (sulfide) groups is 1. The Morgan fingerprint density at radius 3 is 2.84 bits per heavy atom. The van der Waals surface area contributed by atoms with Crippen LogP contribution in [0.15, 0.2) is 52.4 Å². The minimum atomic E-state index is -0.194. The Kier molecular flexibility index (Phi) is 6.53. The summed E-state index contributed by atoms with van der Waals surface area (Å²) in [4.78, 5) is 34.6. The first-order valence-electron chi connectivity index (χ1n) is 9.96. The Morgan fingerprint density at radius 2 is 2.03 bits per heavy atom. The summed E-state index contributed by atoms with van der Waals surface area (Å²) in [5.41, 5.74) is 1.38. The number of fused-ring (bicyclic) bond motifs is 2. The SMILES string of the molecule is CCCCn1c(SCC(=O)Nc2nc3ccc(OC)cc3s2)nc2ccccc2c1=O. The van der Waals surface area contributed by atoms with Crippen LogP contribution in [0.1, 0.15) is 19.8 Å². The Hall–Kier alpha value is -2.91. The van der Waals surface area contributed by atoms with Crippen LogP contribution in [-0.4, -0.2) is 33.3 Å². The van der Waals surface area contributed by atoms with E-state index < -0.39 is 0 Å². The van der Waals surface area contributed by atoms with E-state index in [1.54, 1.807) is 17.7 Å². The van der Waals surface area contributed by atoms with Crippen LogP contribution in [0.3, 0.4) is 0 Å². The second kappa shape index (κ2) is 9.49. The topological polar surface area (TPSA) is 86.1 Å². The molecule has 2 aromatic heterocycles. The summed E-state index contributed by atoms with van der Waals surface area (Å²) >= 11 is 2.66. The molecule has 4 aromatic rings. The number of anilines is 1. The predicted molar refractivity (Wildman–Crippen MR) is 126 cm³/mol. The van der Waals surface area contributed by atoms with Crippen LogP contribution in [0.2, 0.25) is 0 Å². The monoisotopic (exact) mass is 454 g/mol. The van der Waals surface area contributed by atoms with Gasteiger partial charge in [0.05, 0.1) is 34.0 Å². The van der Waals surface area contributed by atoms with E-state index in [1.165, 1.54) is 23.1 Å². The molecule has 0 saturated heterocycles. The number of aromatic nitrogens is 3. The molecule has 0 unspecified atom stereocenters. The molecule has 2 heterocycles. The van der Waals surface area contributed by atoms with E-state index in [9.17, 15) is 9.59 Å². The summed E-state index contributed by atoms with van der Waals surface area (Å²) in [6.07, 6.45) is 1.83. The Balaban J connectivity index is 1.51. The molecule has 0 aliphatic carbocycles. The number of rotatable bonds is 8. The lowest BCUT2D eigenvalue weighted by molar-refractivity contribution is -0.113. The zero-order valence-corrected chi connectivity index (χ0v) is 18.9. The number of hydrogen-bond donors (Lipinski definition) is 1. The number of ether oxygens (including phenoxy) is 1. The fourth-order valence-corrected chi connectivity index (χ4v) is 4.88. The van der Waals surface area contributed by atoms with E-state index in [2.05, 4.69) is 22.2 Å². The van der Waals surface area contributed by atoms with Gasteiger partial charge in [-0.1, -0.05) is 48.6 Å². The number of hydrogen-bond acceptors (Lipinski definition) is 7. The molecule has 4 rings (SSSR count). The minimum Gasteiger partial charge on any atom is -0.497 e. The van der Waals surface area contributed by atoms with Crippen LogP contribution in [0.5, 0.6) is 5.75 Å². The lowest BCUT2D eigenvalue weighted by Gasteiger charge is -2.12. The van der Waals surface area contributed by atoms with Gasteiger partial charge in [0.2, 0.25) is 5.91 Å². The predicted octanol–water partition coefficient (Wildman–Crippen LogP) is 4.55. The maximum absolute atomic E-state index is 12.9. The van der Waals surface area contributed by atoms with E-state index >= 15 is 0 Å². The van der Waals surface area contributed by atoms with E-state index in [0.717, 1.165) is 28.8 Å². The van der Waals surface area contributed by atoms with Gasteiger partial charge in [0.25, 0.3) is 5.56 Å². The highest BCUT2D eigenvalue weighted by molar-refractivity contribution is 7.99. The standard InChI is InChI=1S/C22H22N4O3S2/c1-3-4-11-26-20(28)15-7-5-6-8-16(15)24-22(26)30-13-19(27)25-21-23-17-10-9-14(29-2)12-18(17)31-21/h5-10,12H,3-4,11,13H2,1-2H3,(H,23,25,27). The second-order valence-electron chi connectivity index (χ2n) is 6.91. The van der Waals surface area contributed by atoms with Crippen LogP contribution in [0.4, 0.5) is 5.13 Å². The van der Waals surface area contributed by atoms with Gasteiger partial charge in [-0.15, -0.1) is 0 Å². The lowest BCUT2D eigenvalue weighted by atomic mass is 10.2. The average molecular weight is 455 g/mol. The molecular weight excluding hydrogens is 432 g/mol. The first-order valence-corrected chi connectivity index (χ1v) is 11.8. The molecule has 0 radical (unpaired) electrons. The van der Waals surface area contributed by atoms with Crippen molar-refractivity contribution < 1.29 is 9.53 Å². The van der Waals surface area contributed by atoms with Crippen LogP contribution in [0, 0.1) is 0 Å². The number of nitrogens with zero attached hydrogens (tertiary/aromatic N) is 3. The van der Waals surface area contributed by atoms with Crippen molar-refractivity contribution in [3.05, 3.63) is 52.8 Å². The number of para-hydroxylation sites is 1. The van der Waals surface area contributed by atoms with E-state index in [-0.39, 0.29) is 17.2 Å². The molecule has 1 N–H and O–H groups in total. The number of amides is 1. The van der Waals surface area contributed by atoms with E-state index in [1.807, 2.05) is 36.4 Å². The molecule has 31 heavy (non-hydrogen) atoms. The van der Waals surface area contributed by atoms with Crippen molar-refractivity contribution in [1.82, 2.24) is 14.5 Å². The van der Waals surface area contributed by atoms with Crippen molar-refractivity contribution in [2.75, 3.05) is 18.2 Å². The zero-order chi connectivity index (χ0) is 21.8. The van der Waals surface area contributed by atoms with Crippen LogP contribution in [0.25, 0.3) is 21.1 Å². The summed E-state index contributed by atoms with van der Waals surface area (Å²) in [5.74, 6) is 0.688. The quantitative estimate of drug-likeness (QED) is 0.311. The maximum atomic E-state index is 12.9. The third kappa shape index (κ3) is 4.72. The number of thiazole rings is 1. The molecule has 1 amide bonds. The lowest BCUT2D eigenvalue weighted by Crippen LogP contribution is -2.24. The molecule has 0 aliphatic heterocycles. The van der Waals surface area contributed by atoms with Gasteiger partial charge in [-0.3, -0.25) is 14.2 Å². The third-order valence-corrected chi connectivity index (χ3v) is 6.65. The number of carbonyl (C=O) groups is 1. The van der Waals surface area contributed by atoms with Crippen molar-refractivity contribution >= 4 is 55.3 Å². The highest BCUT2D eigenvalue weighted by Crippen LogP contribution is 2.29. The minimum absolute atomic E-state index is 0.0675. The van der Waals surface area contributed by atoms with Crippen molar-refractivity contribution in [1.29, 1.82) is 0 Å². The normalized spacial score (nSPS) is 11.2. The summed E-state index contributed by atoms with van der Waals surface area (Å²) in [7, 11) is 1.61. The number of benzene rings is 2. The van der Waals surface area contributed by atoms with Gasteiger partial charge in [0.1, 0.15) is 5.75 Å². The maximum Gasteiger partial charge on any atom is 0.262 e. The molecule has 0 spiro atoms. The molecule has 0 fully saturated rings. The van der Waals surface area contributed by atoms with Crippen molar-refractivity contribution in [2.24, 2.45) is 0 Å². The summed E-state index contributed by atoms with van der Waals surface area (Å²) < 4.78 is 7.84. The van der Waals surface area contributed by atoms with Gasteiger partial charge >= 0.3 is 0 Å². The number of methoxy groups -OCH3 is 1. The van der Waals surface area contributed by atoms with Gasteiger partial charge < -0.3 is 10.1 Å². The number of carbonyl (C=O) groups excluding carboxylic acids is 1. The van der Waals surface area contributed by atoms with Gasteiger partial charge in [-0.05, 0) is 36.8 Å². The molecule has 2 aromatic carbocycles. The fourth-order valence-electron chi connectivity index (χ4n) is 3.14. The van der Waals surface area contributed by atoms with Crippen LogP contribution in [-0.2, 0) is 11.3 Å². The summed E-state index contributed by atoms with van der Waals surface area (Å²) in [5, 5.41) is 4.53. The average Bonchev–Trinajstić information content (AvgIpc) is 3.18. The van der Waals surface area contributed by atoms with Gasteiger partial charge in [0, 0.05) is 6.54 Å². The molecule has 9 heteroatoms. The molecule has 0 bridgehead atoms. The summed E-state index contributed by atoms with van der Waals surface area (Å²) in [6.45, 7) is 2.66. The molecule has 0 aliphatic rings. The number of nitrogens with one attached hydrogen (secondary N) is 1. The van der Waals surface area contributed by atoms with Crippen LogP contribution >= 0.6 is 23.1 Å². The molecule has 0 atom stereocenters. The Labute approximate surface area is 187 Å². The number of unbranched alkanes of at least 4 members (excludes halogenated alkanes) is 1. The highest BCUT2D eigenvalue weighted by Gasteiger charge is 2.14. The van der Waals surface area contributed by atoms with Crippen molar-refractivity contribution in [3.63, 3.8) is 0 Å². The van der Waals surface area contributed by atoms with Gasteiger partial charge in [-0.25, -0.2) is 9.97 Å². The largest absolute Gasteiger partial charge is 0.497 e. The Bertz CT molecular complexity index is 1300. The first kappa shape index (κ1) is 21.3. The fraction of sp³-hybridized carbons (Fsp3) is 0.273. The van der Waals surface area contributed by atoms with Crippen molar-refractivity contribution in [3.8, 4) is 5.75 Å². The Morgan fingerprint density at radius 1 is 1.19 bits per heavy atom. The first-order chi connectivity index (χ1) is 15.1. The van der Waals surface area contributed by atoms with E-state index in [0.29, 0.717) is 27.7 Å². The smallest absolute Gasteiger partial charge is 0.262 e. The van der Waals surface area contributed by atoms with Crippen LogP contribution < -0.4 is 15.6 Å². The molecule has 7 nitrogen and oxygen atoms in total. The van der Waals surface area contributed by atoms with Gasteiger partial charge in [0.15, 0.2) is 10.3 Å². The van der Waals surface area contributed by atoms with Gasteiger partial charge in [-0.2, -0.15) is 0 Å². The second-order valence-corrected chi connectivity index (χ2v) is 8.88. The third-order valence-electron chi connectivity index (χ3n) is 4.74. The zero-order valence-electron chi connectivity index (χ0n) is 17.3. The van der Waals surface area contributed by atoms with E-state index in [4.69, 9.17) is 4.74 Å². The molecule has 0 saturated carbocycles. The molecule has 160 valence electrons. The van der Waals surface area contributed by atoms with Crippen molar-refractivity contribution in [2.45, 2.75) is 31.5 Å².